The van der Waals surface area contributed by atoms with E-state index in [1.165, 1.54) is 6.07 Å². The van der Waals surface area contributed by atoms with E-state index in [9.17, 15) is 18.0 Å². The van der Waals surface area contributed by atoms with E-state index >= 15 is 0 Å². The van der Waals surface area contributed by atoms with Crippen LogP contribution in [0.25, 0.3) is 0 Å². The first-order valence-corrected chi connectivity index (χ1v) is 10.7. The van der Waals surface area contributed by atoms with Crippen molar-refractivity contribution in [3.63, 3.8) is 0 Å². The van der Waals surface area contributed by atoms with Crippen LogP contribution in [0.5, 0.6) is 0 Å². The number of hydrogen-bond acceptors (Lipinski definition) is 4. The molecule has 0 heterocycles. The number of guanidine groups is 1. The van der Waals surface area contributed by atoms with Crippen LogP contribution in [0.3, 0.4) is 0 Å². The molecule has 6 N–H and O–H groups in total. The average molecular weight is 510 g/mol. The SMILES string of the molecule is NC(CC(N)c1cccc(Cl)c1)N=C(NC(=O)c1ccc(F)c(F)c1)Nc1cc(F)cc(Cl)c1. The third-order valence-corrected chi connectivity index (χ3v) is 5.06. The summed E-state index contributed by atoms with van der Waals surface area (Å²) in [6, 6.07) is 12.7. The third kappa shape index (κ3) is 7.19. The van der Waals surface area contributed by atoms with Crippen LogP contribution in [-0.4, -0.2) is 18.0 Å². The van der Waals surface area contributed by atoms with Gasteiger partial charge in [0.2, 0.25) is 5.96 Å². The Bertz CT molecular complexity index is 1200. The maximum Gasteiger partial charge on any atom is 0.258 e. The Morgan fingerprint density at radius 2 is 1.71 bits per heavy atom. The van der Waals surface area contributed by atoms with Crippen LogP contribution in [0.2, 0.25) is 10.0 Å². The topological polar surface area (TPSA) is 106 Å². The number of amides is 1. The van der Waals surface area contributed by atoms with Crippen molar-refractivity contribution >= 4 is 40.8 Å². The Kier molecular flexibility index (Phi) is 8.51. The first-order chi connectivity index (χ1) is 16.1. The molecule has 0 radical (unpaired) electrons. The standard InChI is InChI=1S/C23H20Cl2F3N5O/c24-14-3-1-2-12(6-14)20(29)11-21(30)32-23(31-17-9-15(25)8-16(26)10-17)33-22(34)13-4-5-18(27)19(28)7-13/h1-10,20-21H,11,29-30H2,(H2,31,32,33,34). The van der Waals surface area contributed by atoms with Crippen LogP contribution in [-0.2, 0) is 0 Å². The molecule has 0 aliphatic rings. The van der Waals surface area contributed by atoms with Crippen LogP contribution in [0.1, 0.15) is 28.4 Å². The van der Waals surface area contributed by atoms with Crippen molar-refractivity contribution in [1.82, 2.24) is 5.32 Å². The molecule has 3 aromatic rings. The Morgan fingerprint density at radius 1 is 0.941 bits per heavy atom. The minimum atomic E-state index is -1.19. The molecule has 1 amide bonds. The van der Waals surface area contributed by atoms with Crippen molar-refractivity contribution in [2.45, 2.75) is 18.6 Å². The molecule has 0 fully saturated rings. The highest BCUT2D eigenvalue weighted by atomic mass is 35.5. The Balaban J connectivity index is 1.83. The summed E-state index contributed by atoms with van der Waals surface area (Å²) in [4.78, 5) is 16.8. The zero-order valence-electron chi connectivity index (χ0n) is 17.5. The fourth-order valence-corrected chi connectivity index (χ4v) is 3.45. The quantitative estimate of drug-likeness (QED) is 0.277. The first-order valence-electron chi connectivity index (χ1n) is 9.94. The van der Waals surface area contributed by atoms with E-state index in [1.807, 2.05) is 0 Å². The first kappa shape index (κ1) is 25.5. The van der Waals surface area contributed by atoms with Crippen molar-refractivity contribution in [1.29, 1.82) is 0 Å². The van der Waals surface area contributed by atoms with Gasteiger partial charge >= 0.3 is 0 Å². The van der Waals surface area contributed by atoms with Gasteiger partial charge in [-0.1, -0.05) is 35.3 Å². The molecule has 2 atom stereocenters. The normalized spacial score (nSPS) is 13.3. The number of aliphatic imine (C=N–C) groups is 1. The van der Waals surface area contributed by atoms with Crippen LogP contribution in [0.15, 0.2) is 65.7 Å². The molecule has 2 unspecified atom stereocenters. The molecular formula is C23H20Cl2F3N5O. The number of rotatable bonds is 6. The second kappa shape index (κ2) is 11.3. The van der Waals surface area contributed by atoms with Crippen molar-refractivity contribution in [3.8, 4) is 0 Å². The van der Waals surface area contributed by atoms with Crippen molar-refractivity contribution in [2.75, 3.05) is 5.32 Å². The molecule has 0 spiro atoms. The van der Waals surface area contributed by atoms with Crippen LogP contribution >= 0.6 is 23.2 Å². The van der Waals surface area contributed by atoms with Gasteiger partial charge < -0.3 is 16.8 Å². The Morgan fingerprint density at radius 3 is 2.38 bits per heavy atom. The fraction of sp³-hybridized carbons (Fsp3) is 0.130. The molecular weight excluding hydrogens is 490 g/mol. The summed E-state index contributed by atoms with van der Waals surface area (Å²) in [5.41, 5.74) is 13.0. The van der Waals surface area contributed by atoms with Gasteiger partial charge in [0.1, 0.15) is 12.0 Å². The molecule has 0 bridgehead atoms. The van der Waals surface area contributed by atoms with Gasteiger partial charge in [-0.05, 0) is 54.1 Å². The fourth-order valence-electron chi connectivity index (χ4n) is 3.03. The maximum absolute atomic E-state index is 13.8. The predicted molar refractivity (Wildman–Crippen MR) is 127 cm³/mol. The maximum atomic E-state index is 13.8. The highest BCUT2D eigenvalue weighted by molar-refractivity contribution is 6.31. The van der Waals surface area contributed by atoms with Gasteiger partial charge in [0.25, 0.3) is 5.91 Å². The predicted octanol–water partition coefficient (Wildman–Crippen LogP) is 4.98. The van der Waals surface area contributed by atoms with E-state index in [0.717, 1.165) is 35.9 Å². The molecule has 3 aromatic carbocycles. The van der Waals surface area contributed by atoms with Gasteiger partial charge in [0, 0.05) is 33.8 Å². The van der Waals surface area contributed by atoms with Gasteiger partial charge in [0.05, 0.1) is 0 Å². The molecule has 0 saturated heterocycles. The Hall–Kier alpha value is -3.11. The zero-order valence-corrected chi connectivity index (χ0v) is 19.0. The van der Waals surface area contributed by atoms with Crippen LogP contribution in [0, 0.1) is 17.5 Å². The molecule has 0 aromatic heterocycles. The summed E-state index contributed by atoms with van der Waals surface area (Å²) in [7, 11) is 0. The van der Waals surface area contributed by atoms with E-state index in [2.05, 4.69) is 15.6 Å². The molecule has 0 saturated carbocycles. The monoisotopic (exact) mass is 509 g/mol. The van der Waals surface area contributed by atoms with Gasteiger partial charge in [-0.3, -0.25) is 10.1 Å². The summed E-state index contributed by atoms with van der Waals surface area (Å²) in [6.07, 6.45) is -0.748. The lowest BCUT2D eigenvalue weighted by atomic mass is 10.0. The minimum Gasteiger partial charge on any atom is -0.326 e. The second-order valence-corrected chi connectivity index (χ2v) is 8.18. The molecule has 6 nitrogen and oxygen atoms in total. The lowest BCUT2D eigenvalue weighted by molar-refractivity contribution is 0.0976. The van der Waals surface area contributed by atoms with E-state index in [4.69, 9.17) is 34.7 Å². The summed E-state index contributed by atoms with van der Waals surface area (Å²) >= 11 is 11.9. The van der Waals surface area contributed by atoms with E-state index in [1.54, 1.807) is 24.3 Å². The number of nitrogens with zero attached hydrogens (tertiary/aromatic N) is 1. The molecule has 11 heteroatoms. The molecule has 3 rings (SSSR count). The number of nitrogens with two attached hydrogens (primary N) is 2. The van der Waals surface area contributed by atoms with E-state index < -0.39 is 35.6 Å². The number of benzene rings is 3. The van der Waals surface area contributed by atoms with Gasteiger partial charge in [-0.2, -0.15) is 0 Å². The summed E-state index contributed by atoms with van der Waals surface area (Å²) < 4.78 is 40.5. The van der Waals surface area contributed by atoms with Crippen LogP contribution < -0.4 is 22.1 Å². The number of halogens is 5. The number of carbonyl (C=O) groups is 1. The number of nitrogens with one attached hydrogen (secondary N) is 2. The lowest BCUT2D eigenvalue weighted by Gasteiger charge is -2.18. The molecule has 34 heavy (non-hydrogen) atoms. The molecule has 0 aliphatic heterocycles. The number of hydrogen-bond donors (Lipinski definition) is 4. The lowest BCUT2D eigenvalue weighted by Crippen LogP contribution is -2.38. The summed E-state index contributed by atoms with van der Waals surface area (Å²) in [5.74, 6) is -3.91. The third-order valence-electron chi connectivity index (χ3n) is 4.61. The average Bonchev–Trinajstić information content (AvgIpc) is 2.74. The highest BCUT2D eigenvalue weighted by Crippen LogP contribution is 2.21. The van der Waals surface area contributed by atoms with Crippen molar-refractivity contribution in [2.24, 2.45) is 16.5 Å². The number of carbonyl (C=O) groups excluding carboxylic acids is 1. The van der Waals surface area contributed by atoms with Crippen molar-refractivity contribution in [3.05, 3.63) is 99.3 Å². The van der Waals surface area contributed by atoms with Gasteiger partial charge in [-0.15, -0.1) is 0 Å². The van der Waals surface area contributed by atoms with Gasteiger partial charge in [-0.25, -0.2) is 18.2 Å². The van der Waals surface area contributed by atoms with E-state index in [0.29, 0.717) is 5.02 Å². The summed E-state index contributed by atoms with van der Waals surface area (Å²) in [5, 5.41) is 5.75. The molecule has 178 valence electrons. The van der Waals surface area contributed by atoms with Crippen LogP contribution in [0.4, 0.5) is 18.9 Å². The zero-order chi connectivity index (χ0) is 24.8. The molecule has 0 aliphatic carbocycles. The van der Waals surface area contributed by atoms with E-state index in [-0.39, 0.29) is 28.7 Å². The second-order valence-electron chi connectivity index (χ2n) is 7.31. The highest BCUT2D eigenvalue weighted by Gasteiger charge is 2.16. The number of anilines is 1. The smallest absolute Gasteiger partial charge is 0.258 e. The largest absolute Gasteiger partial charge is 0.326 e. The summed E-state index contributed by atoms with van der Waals surface area (Å²) in [6.45, 7) is 0. The minimum absolute atomic E-state index is 0.0982. The van der Waals surface area contributed by atoms with Gasteiger partial charge in [0.15, 0.2) is 11.6 Å². The van der Waals surface area contributed by atoms with Crippen molar-refractivity contribution < 1.29 is 18.0 Å². The Labute approximate surface area is 203 Å².